The summed E-state index contributed by atoms with van der Waals surface area (Å²) in [4.78, 5) is 2.98. The molecule has 0 bridgehead atoms. The van der Waals surface area contributed by atoms with E-state index >= 15 is 0 Å². The molecule has 1 heterocycles. The molecule has 0 spiro atoms. The van der Waals surface area contributed by atoms with Gasteiger partial charge in [-0.3, -0.25) is 9.55 Å². The number of nitrogens with zero attached hydrogens (tertiary/aromatic N) is 1. The van der Waals surface area contributed by atoms with Crippen LogP contribution in [-0.4, -0.2) is 24.4 Å². The average molecular weight is 273 g/mol. The van der Waals surface area contributed by atoms with E-state index in [1.807, 2.05) is 43.2 Å². The molecule has 1 N–H and O–H groups in total. The third kappa shape index (κ3) is 4.41. The van der Waals surface area contributed by atoms with Gasteiger partial charge in [-0.25, -0.2) is 4.57 Å². The number of aromatic nitrogens is 2. The number of hydrogen-bond acceptors (Lipinski definition) is 3. The van der Waals surface area contributed by atoms with Crippen LogP contribution in [0.4, 0.5) is 0 Å². The van der Waals surface area contributed by atoms with E-state index in [9.17, 15) is 4.57 Å². The first-order valence-electron chi connectivity index (χ1n) is 6.19. The van der Waals surface area contributed by atoms with Crippen LogP contribution in [0.2, 0.25) is 0 Å². The molecule has 0 saturated carbocycles. The number of hydrogen-bond donors (Lipinski definition) is 1. The number of rotatable bonds is 9. The first-order valence-corrected chi connectivity index (χ1v) is 7.92. The molecule has 0 fully saturated rings. The summed E-state index contributed by atoms with van der Waals surface area (Å²) < 4.78 is 24.8. The third-order valence-electron chi connectivity index (χ3n) is 2.57. The fourth-order valence-corrected chi connectivity index (χ4v) is 3.45. The van der Waals surface area contributed by atoms with Crippen molar-refractivity contribution in [2.75, 3.05) is 19.4 Å². The van der Waals surface area contributed by atoms with Crippen molar-refractivity contribution in [2.24, 2.45) is 0 Å². The van der Waals surface area contributed by atoms with Gasteiger partial charge in [-0.15, -0.1) is 0 Å². The van der Waals surface area contributed by atoms with Gasteiger partial charge in [0, 0.05) is 6.42 Å². The summed E-state index contributed by atoms with van der Waals surface area (Å²) in [5.74, 6) is 0. The molecule has 18 heavy (non-hydrogen) atoms. The Balaban J connectivity index is 2.60. The molecule has 5 nitrogen and oxygen atoms in total. The maximum Gasteiger partial charge on any atom is 0.330 e. The molecule has 0 aliphatic rings. The predicted molar refractivity (Wildman–Crippen MR) is 70.6 cm³/mol. The minimum atomic E-state index is -2.96. The van der Waals surface area contributed by atoms with E-state index in [4.69, 9.17) is 9.05 Å². The van der Waals surface area contributed by atoms with Crippen LogP contribution in [0, 0.1) is 0 Å². The van der Waals surface area contributed by atoms with Crippen molar-refractivity contribution in [3.05, 3.63) is 31.4 Å². The van der Waals surface area contributed by atoms with E-state index in [-0.39, 0.29) is 6.04 Å². The van der Waals surface area contributed by atoms with Crippen LogP contribution in [0.15, 0.2) is 31.4 Å². The molecular formula is C12H22N2O3P+. The van der Waals surface area contributed by atoms with Gasteiger partial charge in [0.15, 0.2) is 0 Å². The Hall–Kier alpha value is -0.900. The summed E-state index contributed by atoms with van der Waals surface area (Å²) in [5.41, 5.74) is 0. The van der Waals surface area contributed by atoms with Crippen LogP contribution in [-0.2, 0) is 13.6 Å². The van der Waals surface area contributed by atoms with Crippen molar-refractivity contribution in [1.29, 1.82) is 0 Å². The molecule has 1 aromatic rings. The molecule has 1 atom stereocenters. The summed E-state index contributed by atoms with van der Waals surface area (Å²) in [6.07, 6.45) is 8.49. The molecule has 0 amide bonds. The predicted octanol–water partition coefficient (Wildman–Crippen LogP) is 2.69. The van der Waals surface area contributed by atoms with Crippen molar-refractivity contribution in [3.8, 4) is 0 Å². The monoisotopic (exact) mass is 273 g/mol. The van der Waals surface area contributed by atoms with Gasteiger partial charge in [0.05, 0.1) is 19.4 Å². The highest BCUT2D eigenvalue weighted by Gasteiger charge is 2.25. The second-order valence-corrected chi connectivity index (χ2v) is 6.01. The first kappa shape index (κ1) is 15.2. The van der Waals surface area contributed by atoms with Gasteiger partial charge in [-0.2, -0.15) is 0 Å². The molecule has 1 aromatic heterocycles. The first-order chi connectivity index (χ1) is 8.65. The maximum atomic E-state index is 12.3. The van der Waals surface area contributed by atoms with Crippen LogP contribution in [0.3, 0.4) is 0 Å². The van der Waals surface area contributed by atoms with Crippen molar-refractivity contribution in [2.45, 2.75) is 26.3 Å². The Kier molecular flexibility index (Phi) is 6.33. The zero-order chi connectivity index (χ0) is 13.4. The normalized spacial score (nSPS) is 13.4. The van der Waals surface area contributed by atoms with E-state index in [0.29, 0.717) is 25.8 Å². The quantitative estimate of drug-likeness (QED) is 0.427. The van der Waals surface area contributed by atoms with E-state index in [2.05, 4.69) is 11.6 Å². The molecule has 102 valence electrons. The second kappa shape index (κ2) is 7.52. The van der Waals surface area contributed by atoms with Gasteiger partial charge in [-0.1, -0.05) is 6.58 Å². The molecule has 0 aliphatic heterocycles. The van der Waals surface area contributed by atoms with Crippen molar-refractivity contribution in [3.63, 3.8) is 0 Å². The van der Waals surface area contributed by atoms with Crippen molar-refractivity contribution in [1.82, 2.24) is 4.98 Å². The number of nitrogens with one attached hydrogen (secondary N) is 1. The Labute approximate surface area is 108 Å². The number of imidazole rings is 1. The van der Waals surface area contributed by atoms with Crippen LogP contribution in [0.5, 0.6) is 0 Å². The number of aromatic amines is 1. The van der Waals surface area contributed by atoms with E-state index < -0.39 is 7.60 Å². The second-order valence-electron chi connectivity index (χ2n) is 3.82. The van der Waals surface area contributed by atoms with E-state index in [1.54, 1.807) is 0 Å². The summed E-state index contributed by atoms with van der Waals surface area (Å²) in [7, 11) is -2.96. The Morgan fingerprint density at radius 3 is 2.56 bits per heavy atom. The molecular weight excluding hydrogens is 251 g/mol. The van der Waals surface area contributed by atoms with Crippen LogP contribution in [0.1, 0.15) is 26.3 Å². The standard InChI is InChI=1S/C12H21N2O3P/c1-4-12(14-9-8-13-11-14)7-10-18(15,16-5-2)17-6-3/h4,8-9,11-12H,1,5-7,10H2,2-3H3/p+1. The van der Waals surface area contributed by atoms with Gasteiger partial charge in [0.1, 0.15) is 18.4 Å². The lowest BCUT2D eigenvalue weighted by molar-refractivity contribution is -0.711. The lowest BCUT2D eigenvalue weighted by Gasteiger charge is -2.18. The lowest BCUT2D eigenvalue weighted by Crippen LogP contribution is -2.36. The van der Waals surface area contributed by atoms with E-state index in [0.717, 1.165) is 0 Å². The summed E-state index contributed by atoms with van der Waals surface area (Å²) >= 11 is 0. The summed E-state index contributed by atoms with van der Waals surface area (Å²) in [6, 6.07) is 0.0884. The van der Waals surface area contributed by atoms with Gasteiger partial charge < -0.3 is 9.05 Å². The fraction of sp³-hybridized carbons (Fsp3) is 0.583. The maximum absolute atomic E-state index is 12.3. The number of allylic oxidation sites excluding steroid dienone is 1. The van der Waals surface area contributed by atoms with E-state index in [1.165, 1.54) is 0 Å². The van der Waals surface area contributed by atoms with Gasteiger partial charge >= 0.3 is 7.60 Å². The SMILES string of the molecule is C=CC(CCP(=O)(OCC)OCC)[n+]1cc[nH]c1. The molecule has 0 radical (unpaired) electrons. The highest BCUT2D eigenvalue weighted by Crippen LogP contribution is 2.49. The Bertz CT molecular complexity index is 382. The third-order valence-corrected chi connectivity index (χ3v) is 4.68. The molecule has 1 rings (SSSR count). The Morgan fingerprint density at radius 1 is 1.44 bits per heavy atom. The molecule has 0 aliphatic carbocycles. The zero-order valence-electron chi connectivity index (χ0n) is 11.0. The summed E-state index contributed by atoms with van der Waals surface area (Å²) in [6.45, 7) is 8.23. The van der Waals surface area contributed by atoms with Crippen LogP contribution in [0.25, 0.3) is 0 Å². The smallest absolute Gasteiger partial charge is 0.309 e. The highest BCUT2D eigenvalue weighted by atomic mass is 31.2. The van der Waals surface area contributed by atoms with Crippen molar-refractivity contribution < 1.29 is 18.2 Å². The Morgan fingerprint density at radius 2 is 2.11 bits per heavy atom. The molecule has 0 aromatic carbocycles. The lowest BCUT2D eigenvalue weighted by atomic mass is 10.2. The van der Waals surface area contributed by atoms with Gasteiger partial charge in [0.25, 0.3) is 0 Å². The molecule has 1 unspecified atom stereocenters. The fourth-order valence-electron chi connectivity index (χ4n) is 1.75. The van der Waals surface area contributed by atoms with Gasteiger partial charge in [0.2, 0.25) is 6.33 Å². The number of H-pyrrole nitrogens is 1. The zero-order valence-corrected chi connectivity index (χ0v) is 11.9. The van der Waals surface area contributed by atoms with Gasteiger partial charge in [-0.05, 0) is 19.9 Å². The largest absolute Gasteiger partial charge is 0.330 e. The topological polar surface area (TPSA) is 55.2 Å². The van der Waals surface area contributed by atoms with Crippen LogP contribution >= 0.6 is 7.60 Å². The summed E-state index contributed by atoms with van der Waals surface area (Å²) in [5, 5.41) is 0. The highest BCUT2D eigenvalue weighted by molar-refractivity contribution is 7.53. The minimum absolute atomic E-state index is 0.0884. The molecule has 6 heteroatoms. The minimum Gasteiger partial charge on any atom is -0.309 e. The van der Waals surface area contributed by atoms with Crippen LogP contribution < -0.4 is 4.57 Å². The molecule has 0 saturated heterocycles. The average Bonchev–Trinajstić information content (AvgIpc) is 2.84. The van der Waals surface area contributed by atoms with Crippen molar-refractivity contribution >= 4 is 7.60 Å².